The summed E-state index contributed by atoms with van der Waals surface area (Å²) in [7, 11) is 1.26. The Bertz CT molecular complexity index is 1570. The number of carbonyl (C=O) groups excluding carboxylic acids is 3. The van der Waals surface area contributed by atoms with Gasteiger partial charge in [0, 0.05) is 5.39 Å². The zero-order valence-corrected chi connectivity index (χ0v) is 22.4. The van der Waals surface area contributed by atoms with Crippen molar-refractivity contribution in [2.75, 3.05) is 18.6 Å². The number of ether oxygens (including phenoxy) is 2. The first-order valence-corrected chi connectivity index (χ1v) is 13.2. The number of hydrogen-bond acceptors (Lipinski definition) is 9. The fraction of sp³-hybridized carbons (Fsp3) is 0.241. The third kappa shape index (κ3) is 4.79. The lowest BCUT2D eigenvalue weighted by Gasteiger charge is -2.24. The highest BCUT2D eigenvalue weighted by Gasteiger charge is 2.47. The summed E-state index contributed by atoms with van der Waals surface area (Å²) in [6, 6.07) is 14.7. The highest BCUT2D eigenvalue weighted by molar-refractivity contribution is 7.17. The number of para-hydroxylation sites is 1. The smallest absolute Gasteiger partial charge is 0.350 e. The minimum atomic E-state index is -1.03. The fourth-order valence-electron chi connectivity index (χ4n) is 4.42. The van der Waals surface area contributed by atoms with Gasteiger partial charge in [0.2, 0.25) is 5.78 Å². The molecule has 1 aliphatic heterocycles. The minimum absolute atomic E-state index is 0.0116. The Morgan fingerprint density at radius 1 is 1.15 bits per heavy atom. The minimum Gasteiger partial charge on any atom is -0.503 e. The number of thiazole rings is 1. The average molecular weight is 547 g/mol. The predicted molar refractivity (Wildman–Crippen MR) is 145 cm³/mol. The molecule has 0 aliphatic carbocycles. The second-order valence-corrected chi connectivity index (χ2v) is 9.97. The predicted octanol–water partition coefficient (Wildman–Crippen LogP) is 5.95. The van der Waals surface area contributed by atoms with Gasteiger partial charge in [0.05, 0.1) is 31.0 Å². The first-order valence-electron chi connectivity index (χ1n) is 12.4. The SMILES string of the molecule is CCCCOc1ccc(C2C(C(=O)c3cc4ccccc4o3)=C(O)C(=O)N2c2nc(C)c(C(=O)OC)s2)cc1. The van der Waals surface area contributed by atoms with Gasteiger partial charge in [0.25, 0.3) is 5.91 Å². The quantitative estimate of drug-likeness (QED) is 0.155. The molecule has 1 amide bonds. The van der Waals surface area contributed by atoms with Crippen LogP contribution in [-0.4, -0.2) is 41.5 Å². The number of aliphatic hydroxyl groups is 1. The maximum absolute atomic E-state index is 13.8. The standard InChI is InChI=1S/C29H26N2O7S/c1-4-5-14-37-19-12-10-17(11-13-19)23-22(24(32)21-15-18-8-6-7-9-20(18)38-21)25(33)27(34)31(23)29-30-16(2)26(39-29)28(35)36-3/h6-13,15,23,33H,4-5,14H2,1-3H3. The van der Waals surface area contributed by atoms with Crippen molar-refractivity contribution in [3.05, 3.63) is 87.8 Å². The fourth-order valence-corrected chi connectivity index (χ4v) is 5.44. The second kappa shape index (κ2) is 10.7. The summed E-state index contributed by atoms with van der Waals surface area (Å²) >= 11 is 0.946. The van der Waals surface area contributed by atoms with Crippen LogP contribution < -0.4 is 9.64 Å². The molecule has 39 heavy (non-hydrogen) atoms. The first kappa shape index (κ1) is 26.2. The van der Waals surface area contributed by atoms with Crippen molar-refractivity contribution in [2.24, 2.45) is 0 Å². The number of rotatable bonds is 9. The molecule has 0 fully saturated rings. The van der Waals surface area contributed by atoms with Crippen LogP contribution >= 0.6 is 11.3 Å². The molecule has 200 valence electrons. The van der Waals surface area contributed by atoms with Gasteiger partial charge in [-0.2, -0.15) is 0 Å². The van der Waals surface area contributed by atoms with E-state index in [-0.39, 0.29) is 21.3 Å². The van der Waals surface area contributed by atoms with E-state index in [1.165, 1.54) is 12.0 Å². The molecule has 0 radical (unpaired) electrons. The number of unbranched alkanes of at least 4 members (excludes halogenated alkanes) is 1. The molecule has 1 aliphatic rings. The number of amides is 1. The van der Waals surface area contributed by atoms with E-state index in [4.69, 9.17) is 13.9 Å². The van der Waals surface area contributed by atoms with Crippen LogP contribution in [0.1, 0.15) is 57.3 Å². The van der Waals surface area contributed by atoms with Crippen LogP contribution in [0.3, 0.4) is 0 Å². The number of anilines is 1. The number of benzene rings is 2. The molecular weight excluding hydrogens is 520 g/mol. The van der Waals surface area contributed by atoms with E-state index in [2.05, 4.69) is 11.9 Å². The van der Waals surface area contributed by atoms with Gasteiger partial charge in [-0.15, -0.1) is 0 Å². The molecule has 0 saturated heterocycles. The maximum Gasteiger partial charge on any atom is 0.350 e. The number of nitrogens with zero attached hydrogens (tertiary/aromatic N) is 2. The topological polar surface area (TPSA) is 119 Å². The van der Waals surface area contributed by atoms with Gasteiger partial charge < -0.3 is 19.0 Å². The Morgan fingerprint density at radius 3 is 2.59 bits per heavy atom. The lowest BCUT2D eigenvalue weighted by Crippen LogP contribution is -2.31. The molecule has 9 nitrogen and oxygen atoms in total. The molecule has 10 heteroatoms. The normalized spacial score (nSPS) is 15.3. The number of aromatic nitrogens is 1. The first-order chi connectivity index (χ1) is 18.8. The third-order valence-electron chi connectivity index (χ3n) is 6.43. The van der Waals surface area contributed by atoms with Gasteiger partial charge in [-0.3, -0.25) is 14.5 Å². The molecule has 2 aromatic heterocycles. The third-order valence-corrected chi connectivity index (χ3v) is 7.56. The van der Waals surface area contributed by atoms with Crippen molar-refractivity contribution in [2.45, 2.75) is 32.7 Å². The van der Waals surface area contributed by atoms with Gasteiger partial charge in [0.15, 0.2) is 16.7 Å². The largest absolute Gasteiger partial charge is 0.503 e. The highest BCUT2D eigenvalue weighted by atomic mass is 32.1. The number of ketones is 1. The highest BCUT2D eigenvalue weighted by Crippen LogP contribution is 2.44. The Balaban J connectivity index is 1.59. The summed E-state index contributed by atoms with van der Waals surface area (Å²) in [6.07, 6.45) is 1.90. The zero-order chi connectivity index (χ0) is 27.7. The van der Waals surface area contributed by atoms with E-state index in [0.717, 1.165) is 24.2 Å². The number of furan rings is 1. The van der Waals surface area contributed by atoms with Gasteiger partial charge in [0.1, 0.15) is 16.2 Å². The van der Waals surface area contributed by atoms with E-state index >= 15 is 0 Å². The van der Waals surface area contributed by atoms with Crippen molar-refractivity contribution < 1.29 is 33.4 Å². The van der Waals surface area contributed by atoms with Gasteiger partial charge in [-0.05, 0) is 43.2 Å². The van der Waals surface area contributed by atoms with Crippen LogP contribution in [0.4, 0.5) is 5.13 Å². The molecule has 5 rings (SSSR count). The molecule has 0 saturated carbocycles. The van der Waals surface area contributed by atoms with Gasteiger partial charge in [-0.25, -0.2) is 9.78 Å². The summed E-state index contributed by atoms with van der Waals surface area (Å²) in [6.45, 7) is 4.26. The van der Waals surface area contributed by atoms with Crippen LogP contribution in [0, 0.1) is 6.92 Å². The monoisotopic (exact) mass is 546 g/mol. The second-order valence-electron chi connectivity index (χ2n) is 8.99. The molecule has 1 N–H and O–H groups in total. The van der Waals surface area contributed by atoms with Gasteiger partial charge in [-0.1, -0.05) is 55.0 Å². The Labute approximate surface area is 228 Å². The lowest BCUT2D eigenvalue weighted by atomic mass is 9.95. The molecule has 4 aromatic rings. The number of hydrogen-bond donors (Lipinski definition) is 1. The number of fused-ring (bicyclic) bond motifs is 1. The van der Waals surface area contributed by atoms with Gasteiger partial charge >= 0.3 is 5.97 Å². The Hall–Kier alpha value is -4.44. The summed E-state index contributed by atoms with van der Waals surface area (Å²) in [5.74, 6) is -2.12. The van der Waals surface area contributed by atoms with Crippen LogP contribution in [0.15, 0.2) is 70.3 Å². The van der Waals surface area contributed by atoms with Crippen LogP contribution in [0.25, 0.3) is 11.0 Å². The van der Waals surface area contributed by atoms with Crippen LogP contribution in [0.2, 0.25) is 0 Å². The molecule has 0 spiro atoms. The van der Waals surface area contributed by atoms with Crippen LogP contribution in [-0.2, 0) is 9.53 Å². The molecule has 2 aromatic carbocycles. The van der Waals surface area contributed by atoms with Crippen molar-refractivity contribution in [3.63, 3.8) is 0 Å². The average Bonchev–Trinajstić information content (AvgIpc) is 3.62. The number of carbonyl (C=O) groups is 3. The lowest BCUT2D eigenvalue weighted by molar-refractivity contribution is -0.117. The number of Topliss-reactive ketones (excluding diaryl/α,β-unsaturated/α-hetero) is 1. The molecule has 0 bridgehead atoms. The summed E-state index contributed by atoms with van der Waals surface area (Å²) < 4.78 is 16.4. The van der Waals surface area contributed by atoms with Crippen LogP contribution in [0.5, 0.6) is 5.75 Å². The summed E-state index contributed by atoms with van der Waals surface area (Å²) in [4.78, 5) is 45.4. The van der Waals surface area contributed by atoms with E-state index < -0.39 is 29.5 Å². The molecule has 3 heterocycles. The maximum atomic E-state index is 13.8. The van der Waals surface area contributed by atoms with E-state index in [1.807, 2.05) is 6.07 Å². The zero-order valence-electron chi connectivity index (χ0n) is 21.6. The summed E-state index contributed by atoms with van der Waals surface area (Å²) in [5, 5.41) is 11.9. The number of esters is 1. The number of aliphatic hydroxyl groups excluding tert-OH is 1. The van der Waals surface area contributed by atoms with Crippen molar-refractivity contribution >= 4 is 45.1 Å². The number of aryl methyl sites for hydroxylation is 1. The van der Waals surface area contributed by atoms with E-state index in [1.54, 1.807) is 55.5 Å². The Kier molecular flexibility index (Phi) is 7.21. The number of methoxy groups -OCH3 is 1. The molecule has 1 unspecified atom stereocenters. The summed E-state index contributed by atoms with van der Waals surface area (Å²) in [5.41, 5.74) is 1.27. The molecule has 1 atom stereocenters. The van der Waals surface area contributed by atoms with Crippen molar-refractivity contribution in [1.29, 1.82) is 0 Å². The molecular formula is C29H26N2O7S. The van der Waals surface area contributed by atoms with E-state index in [9.17, 15) is 19.5 Å². The van der Waals surface area contributed by atoms with Crippen molar-refractivity contribution in [3.8, 4) is 5.75 Å². The van der Waals surface area contributed by atoms with Crippen molar-refractivity contribution in [1.82, 2.24) is 4.98 Å². The van der Waals surface area contributed by atoms with E-state index in [0.29, 0.717) is 34.6 Å². The Morgan fingerprint density at radius 2 is 1.90 bits per heavy atom.